The van der Waals surface area contributed by atoms with E-state index in [2.05, 4.69) is 43.3 Å². The second-order valence-electron chi connectivity index (χ2n) is 7.08. The monoisotopic (exact) mass is 309 g/mol. The largest absolute Gasteiger partial charge is 0.193 e. The Kier molecular flexibility index (Phi) is 7.95. The van der Waals surface area contributed by atoms with E-state index in [1.54, 1.807) is 6.08 Å². The van der Waals surface area contributed by atoms with E-state index < -0.39 is 0 Å². The van der Waals surface area contributed by atoms with Gasteiger partial charge in [-0.15, -0.1) is 0 Å². The lowest BCUT2D eigenvalue weighted by Crippen LogP contribution is -2.13. The molecule has 23 heavy (non-hydrogen) atoms. The third kappa shape index (κ3) is 6.61. The van der Waals surface area contributed by atoms with Gasteiger partial charge >= 0.3 is 0 Å². The molecule has 0 aromatic heterocycles. The van der Waals surface area contributed by atoms with E-state index in [1.165, 1.54) is 75.3 Å². The molecule has 2 rings (SSSR count). The summed E-state index contributed by atoms with van der Waals surface area (Å²) in [4.78, 5) is 0. The van der Waals surface area contributed by atoms with Crippen LogP contribution < -0.4 is 0 Å². The number of aryl methyl sites for hydroxylation is 2. The van der Waals surface area contributed by atoms with Gasteiger partial charge in [0.15, 0.2) is 0 Å². The Morgan fingerprint density at radius 2 is 1.65 bits per heavy atom. The molecule has 1 aromatic carbocycles. The van der Waals surface area contributed by atoms with Gasteiger partial charge in [0.1, 0.15) is 0 Å². The fourth-order valence-electron chi connectivity index (χ4n) is 3.67. The molecule has 0 atom stereocenters. The summed E-state index contributed by atoms with van der Waals surface area (Å²) in [6.45, 7) is 2.26. The van der Waals surface area contributed by atoms with Crippen LogP contribution in [0.4, 0.5) is 0 Å². The van der Waals surface area contributed by atoms with E-state index in [1.807, 2.05) is 0 Å². The fraction of sp³-hybridized carbons (Fsp3) is 0.591. The van der Waals surface area contributed by atoms with Crippen molar-refractivity contribution in [2.45, 2.75) is 71.1 Å². The summed E-state index contributed by atoms with van der Waals surface area (Å²) in [6, 6.07) is 11.4. The molecule has 1 nitrogen and oxygen atoms in total. The maximum atomic E-state index is 8.60. The number of nitriles is 1. The van der Waals surface area contributed by atoms with Gasteiger partial charge < -0.3 is 0 Å². The Balaban J connectivity index is 1.68. The summed E-state index contributed by atoms with van der Waals surface area (Å²) in [6.07, 6.45) is 16.7. The second kappa shape index (κ2) is 10.3. The average molecular weight is 309 g/mol. The molecule has 124 valence electrons. The van der Waals surface area contributed by atoms with Crippen LogP contribution in [0.3, 0.4) is 0 Å². The number of hydrogen-bond donors (Lipinski definition) is 0. The Labute approximate surface area is 142 Å². The molecule has 0 amide bonds. The van der Waals surface area contributed by atoms with Crippen molar-refractivity contribution in [3.8, 4) is 6.07 Å². The highest BCUT2D eigenvalue weighted by Crippen LogP contribution is 2.32. The van der Waals surface area contributed by atoms with Crippen LogP contribution in [0.25, 0.3) is 0 Å². The lowest BCUT2D eigenvalue weighted by atomic mass is 9.79. The van der Waals surface area contributed by atoms with Crippen LogP contribution in [-0.2, 0) is 12.8 Å². The van der Waals surface area contributed by atoms with E-state index in [0.29, 0.717) is 5.92 Å². The third-order valence-corrected chi connectivity index (χ3v) is 5.27. The molecular weight excluding hydrogens is 278 g/mol. The minimum atomic E-state index is 0.647. The van der Waals surface area contributed by atoms with E-state index in [0.717, 1.165) is 5.92 Å². The van der Waals surface area contributed by atoms with Crippen LogP contribution in [0.1, 0.15) is 69.4 Å². The molecular formula is C22H31N. The van der Waals surface area contributed by atoms with Gasteiger partial charge in [-0.25, -0.2) is 0 Å². The van der Waals surface area contributed by atoms with Crippen LogP contribution in [0.15, 0.2) is 36.4 Å². The molecule has 0 bridgehead atoms. The topological polar surface area (TPSA) is 23.8 Å². The summed E-state index contributed by atoms with van der Waals surface area (Å²) >= 11 is 0. The molecule has 0 aliphatic heterocycles. The van der Waals surface area contributed by atoms with E-state index in [4.69, 9.17) is 5.26 Å². The molecule has 1 aromatic rings. The van der Waals surface area contributed by atoms with E-state index in [9.17, 15) is 0 Å². The molecule has 0 unspecified atom stereocenters. The highest BCUT2D eigenvalue weighted by atomic mass is 14.3. The van der Waals surface area contributed by atoms with Crippen LogP contribution >= 0.6 is 0 Å². The molecule has 0 heterocycles. The number of allylic oxidation sites excluding steroid dienone is 2. The van der Waals surface area contributed by atoms with Crippen molar-refractivity contribution in [1.29, 1.82) is 5.26 Å². The van der Waals surface area contributed by atoms with E-state index >= 15 is 0 Å². The van der Waals surface area contributed by atoms with Gasteiger partial charge in [0, 0.05) is 6.08 Å². The van der Waals surface area contributed by atoms with Gasteiger partial charge in [-0.05, 0) is 74.3 Å². The first-order chi connectivity index (χ1) is 11.3. The van der Waals surface area contributed by atoms with Crippen molar-refractivity contribution in [3.63, 3.8) is 0 Å². The minimum Gasteiger partial charge on any atom is -0.193 e. The summed E-state index contributed by atoms with van der Waals surface area (Å²) in [5, 5.41) is 8.60. The zero-order valence-electron chi connectivity index (χ0n) is 14.6. The smallest absolute Gasteiger partial charge is 0.0908 e. The minimum absolute atomic E-state index is 0.647. The number of unbranched alkanes of at least 4 members (excludes halogenated alkanes) is 2. The van der Waals surface area contributed by atoms with Crippen LogP contribution in [0.5, 0.6) is 0 Å². The summed E-state index contributed by atoms with van der Waals surface area (Å²) < 4.78 is 0. The van der Waals surface area contributed by atoms with Crippen molar-refractivity contribution >= 4 is 0 Å². The number of benzene rings is 1. The Bertz CT molecular complexity index is 498. The molecule has 1 fully saturated rings. The van der Waals surface area contributed by atoms with Gasteiger partial charge in [-0.3, -0.25) is 0 Å². The molecule has 0 spiro atoms. The van der Waals surface area contributed by atoms with Crippen molar-refractivity contribution < 1.29 is 0 Å². The molecule has 1 saturated carbocycles. The highest BCUT2D eigenvalue weighted by molar-refractivity contribution is 5.22. The predicted octanol–water partition coefficient (Wildman–Crippen LogP) is 6.24. The van der Waals surface area contributed by atoms with Gasteiger partial charge in [0.2, 0.25) is 0 Å². The highest BCUT2D eigenvalue weighted by Gasteiger charge is 2.19. The maximum Gasteiger partial charge on any atom is 0.0908 e. The number of nitrogens with zero attached hydrogens (tertiary/aromatic N) is 1. The number of rotatable bonds is 8. The zero-order chi connectivity index (χ0) is 16.3. The molecule has 0 saturated heterocycles. The first-order valence-corrected chi connectivity index (χ1v) is 9.46. The SMILES string of the molecule is CCCCCc1ccc(CC[C@H]2CC[C@H](C=CC#N)CC2)cc1. The standard InChI is InChI=1S/C22H31N/c1-2-3-4-6-19-8-12-21(13-9-19)16-17-22-14-10-20(11-15-22)7-5-18-23/h5,7-9,12-13,20,22H,2-4,6,10-11,14-17H2,1H3/t20-,22-. The van der Waals surface area contributed by atoms with Crippen LogP contribution in [0.2, 0.25) is 0 Å². The van der Waals surface area contributed by atoms with Gasteiger partial charge in [0.25, 0.3) is 0 Å². The van der Waals surface area contributed by atoms with Gasteiger partial charge in [0.05, 0.1) is 6.07 Å². The predicted molar refractivity (Wildman–Crippen MR) is 98.2 cm³/mol. The second-order valence-corrected chi connectivity index (χ2v) is 7.08. The van der Waals surface area contributed by atoms with Crippen LogP contribution in [-0.4, -0.2) is 0 Å². The van der Waals surface area contributed by atoms with Gasteiger partial charge in [-0.1, -0.05) is 50.1 Å². The van der Waals surface area contributed by atoms with Crippen LogP contribution in [0, 0.1) is 23.2 Å². The molecule has 1 aliphatic carbocycles. The summed E-state index contributed by atoms with van der Waals surface area (Å²) in [7, 11) is 0. The average Bonchev–Trinajstić information content (AvgIpc) is 2.60. The molecule has 1 heteroatoms. The van der Waals surface area contributed by atoms with Crippen molar-refractivity contribution in [2.75, 3.05) is 0 Å². The lowest BCUT2D eigenvalue weighted by Gasteiger charge is -2.26. The lowest BCUT2D eigenvalue weighted by molar-refractivity contribution is 0.296. The normalized spacial score (nSPS) is 21.4. The summed E-state index contributed by atoms with van der Waals surface area (Å²) in [5.74, 6) is 1.53. The maximum absolute atomic E-state index is 8.60. The molecule has 0 radical (unpaired) electrons. The number of hydrogen-bond acceptors (Lipinski definition) is 1. The van der Waals surface area contributed by atoms with E-state index in [-0.39, 0.29) is 0 Å². The fourth-order valence-corrected chi connectivity index (χ4v) is 3.67. The Morgan fingerprint density at radius 3 is 2.26 bits per heavy atom. The van der Waals surface area contributed by atoms with Crippen molar-refractivity contribution in [3.05, 3.63) is 47.5 Å². The summed E-state index contributed by atoms with van der Waals surface area (Å²) in [5.41, 5.74) is 2.99. The Morgan fingerprint density at radius 1 is 1.00 bits per heavy atom. The Hall–Kier alpha value is -1.55. The quantitative estimate of drug-likeness (QED) is 0.412. The molecule has 0 N–H and O–H groups in total. The van der Waals surface area contributed by atoms with Gasteiger partial charge in [-0.2, -0.15) is 5.26 Å². The first kappa shape index (κ1) is 17.8. The van der Waals surface area contributed by atoms with Crippen molar-refractivity contribution in [1.82, 2.24) is 0 Å². The first-order valence-electron chi connectivity index (χ1n) is 9.46. The third-order valence-electron chi connectivity index (χ3n) is 5.27. The molecule has 1 aliphatic rings. The zero-order valence-corrected chi connectivity index (χ0v) is 14.6. The van der Waals surface area contributed by atoms with Crippen molar-refractivity contribution in [2.24, 2.45) is 11.8 Å².